The van der Waals surface area contributed by atoms with Crippen LogP contribution in [0.25, 0.3) is 0 Å². The summed E-state index contributed by atoms with van der Waals surface area (Å²) in [6, 6.07) is 1.78. The maximum Gasteiger partial charge on any atom is 0.416 e. The number of hydrogen-bond acceptors (Lipinski definition) is 2. The van der Waals surface area contributed by atoms with Crippen molar-refractivity contribution in [1.82, 2.24) is 10.6 Å². The second-order valence-electron chi connectivity index (χ2n) is 4.16. The van der Waals surface area contributed by atoms with Crippen molar-refractivity contribution in [1.29, 1.82) is 0 Å². The molecule has 0 bridgehead atoms. The minimum absolute atomic E-state index is 0.265. The molecule has 0 aliphatic heterocycles. The lowest BCUT2D eigenvalue weighted by Crippen LogP contribution is -2.28. The van der Waals surface area contributed by atoms with Crippen molar-refractivity contribution in [2.24, 2.45) is 0 Å². The van der Waals surface area contributed by atoms with Gasteiger partial charge in [-0.3, -0.25) is 4.79 Å². The summed E-state index contributed by atoms with van der Waals surface area (Å²) in [5, 5.41) is 5.42. The number of amides is 1. The molecule has 3 nitrogen and oxygen atoms in total. The van der Waals surface area contributed by atoms with E-state index >= 15 is 0 Å². The summed E-state index contributed by atoms with van der Waals surface area (Å²) in [4.78, 5) is 11.6. The number of nitrogens with one attached hydrogen (secondary N) is 2. The van der Waals surface area contributed by atoms with E-state index < -0.39 is 29.0 Å². The first kappa shape index (κ1) is 16.4. The second-order valence-corrected chi connectivity index (χ2v) is 4.16. The Bertz CT molecular complexity index is 460. The molecule has 0 spiro atoms. The summed E-state index contributed by atoms with van der Waals surface area (Å²) in [6.07, 6.45) is -3.99. The average molecular weight is 292 g/mol. The lowest BCUT2D eigenvalue weighted by molar-refractivity contribution is -0.137. The zero-order valence-electron chi connectivity index (χ0n) is 11.0. The van der Waals surface area contributed by atoms with Gasteiger partial charge in [0.25, 0.3) is 5.91 Å². The van der Waals surface area contributed by atoms with Crippen LogP contribution < -0.4 is 10.6 Å². The fraction of sp³-hybridized carbons (Fsp3) is 0.462. The van der Waals surface area contributed by atoms with E-state index in [9.17, 15) is 22.4 Å². The van der Waals surface area contributed by atoms with E-state index in [0.717, 1.165) is 6.54 Å². The van der Waals surface area contributed by atoms with Crippen LogP contribution in [-0.2, 0) is 6.18 Å². The van der Waals surface area contributed by atoms with E-state index in [2.05, 4.69) is 10.6 Å². The van der Waals surface area contributed by atoms with Gasteiger partial charge in [-0.25, -0.2) is 4.39 Å². The molecule has 0 aliphatic carbocycles. The number of halogens is 4. The molecule has 0 radical (unpaired) electrons. The van der Waals surface area contributed by atoms with Crippen LogP contribution in [0.3, 0.4) is 0 Å². The Balaban J connectivity index is 2.67. The number of hydrogen-bond donors (Lipinski definition) is 2. The zero-order chi connectivity index (χ0) is 15.2. The molecule has 0 aromatic heterocycles. The molecule has 0 saturated carbocycles. The van der Waals surface area contributed by atoms with Crippen LogP contribution in [0.4, 0.5) is 17.6 Å². The largest absolute Gasteiger partial charge is 0.416 e. The molecule has 1 aromatic carbocycles. The number of rotatable bonds is 6. The predicted molar refractivity (Wildman–Crippen MR) is 66.9 cm³/mol. The van der Waals surface area contributed by atoms with Gasteiger partial charge in [0, 0.05) is 6.54 Å². The Labute approximate surface area is 114 Å². The molecule has 1 aromatic rings. The standard InChI is InChI=1S/C13H16F4N2O/c1-2-18-6-3-7-19-12(20)10-8-9(13(15,16)17)4-5-11(10)14/h4-5,8,18H,2-3,6-7H2,1H3,(H,19,20). The van der Waals surface area contributed by atoms with Gasteiger partial charge < -0.3 is 10.6 Å². The highest BCUT2D eigenvalue weighted by Gasteiger charge is 2.31. The number of alkyl halides is 3. The summed E-state index contributed by atoms with van der Waals surface area (Å²) >= 11 is 0. The quantitative estimate of drug-likeness (QED) is 0.625. The highest BCUT2D eigenvalue weighted by molar-refractivity contribution is 5.94. The minimum Gasteiger partial charge on any atom is -0.352 e. The molecule has 0 saturated heterocycles. The molecule has 1 rings (SSSR count). The van der Waals surface area contributed by atoms with E-state index in [1.807, 2.05) is 6.92 Å². The number of benzene rings is 1. The van der Waals surface area contributed by atoms with Crippen LogP contribution in [0.2, 0.25) is 0 Å². The molecular formula is C13H16F4N2O. The summed E-state index contributed by atoms with van der Waals surface area (Å²) in [5.74, 6) is -1.81. The summed E-state index contributed by atoms with van der Waals surface area (Å²) in [6.45, 7) is 3.65. The van der Waals surface area contributed by atoms with Gasteiger partial charge in [0.15, 0.2) is 0 Å². The van der Waals surface area contributed by atoms with Gasteiger partial charge in [-0.1, -0.05) is 6.92 Å². The average Bonchev–Trinajstić information content (AvgIpc) is 2.37. The van der Waals surface area contributed by atoms with E-state index in [4.69, 9.17) is 0 Å². The van der Waals surface area contributed by atoms with Gasteiger partial charge in [-0.15, -0.1) is 0 Å². The first-order valence-corrected chi connectivity index (χ1v) is 6.22. The van der Waals surface area contributed by atoms with Crippen molar-refractivity contribution in [3.63, 3.8) is 0 Å². The Morgan fingerprint density at radius 3 is 2.55 bits per heavy atom. The van der Waals surface area contributed by atoms with Gasteiger partial charge in [-0.2, -0.15) is 13.2 Å². The van der Waals surface area contributed by atoms with Crippen LogP contribution in [-0.4, -0.2) is 25.5 Å². The first-order chi connectivity index (χ1) is 9.36. The molecule has 0 heterocycles. The normalized spacial score (nSPS) is 11.4. The smallest absolute Gasteiger partial charge is 0.352 e. The molecule has 0 aliphatic rings. The molecule has 0 unspecified atom stereocenters. The molecule has 20 heavy (non-hydrogen) atoms. The van der Waals surface area contributed by atoms with Crippen molar-refractivity contribution in [3.8, 4) is 0 Å². The van der Waals surface area contributed by atoms with Crippen LogP contribution in [0.5, 0.6) is 0 Å². The molecule has 0 atom stereocenters. The van der Waals surface area contributed by atoms with Crippen LogP contribution >= 0.6 is 0 Å². The van der Waals surface area contributed by atoms with Gasteiger partial charge in [-0.05, 0) is 37.7 Å². The predicted octanol–water partition coefficient (Wildman–Crippen LogP) is 2.57. The highest BCUT2D eigenvalue weighted by Crippen LogP contribution is 2.30. The Kier molecular flexibility index (Phi) is 5.94. The van der Waals surface area contributed by atoms with E-state index in [-0.39, 0.29) is 6.54 Å². The number of carbonyl (C=O) groups excluding carboxylic acids is 1. The minimum atomic E-state index is -4.60. The SMILES string of the molecule is CCNCCCNC(=O)c1cc(C(F)(F)F)ccc1F. The zero-order valence-corrected chi connectivity index (χ0v) is 11.0. The van der Waals surface area contributed by atoms with E-state index in [1.165, 1.54) is 0 Å². The maximum absolute atomic E-state index is 13.4. The van der Waals surface area contributed by atoms with Crippen molar-refractivity contribution < 1.29 is 22.4 Å². The van der Waals surface area contributed by atoms with Gasteiger partial charge in [0.05, 0.1) is 11.1 Å². The third-order valence-corrected chi connectivity index (χ3v) is 2.60. The third kappa shape index (κ3) is 4.80. The fourth-order valence-electron chi connectivity index (χ4n) is 1.56. The summed E-state index contributed by atoms with van der Waals surface area (Å²) < 4.78 is 50.9. The summed E-state index contributed by atoms with van der Waals surface area (Å²) in [5.41, 5.74) is -1.64. The van der Waals surface area contributed by atoms with Crippen molar-refractivity contribution >= 4 is 5.91 Å². The fourth-order valence-corrected chi connectivity index (χ4v) is 1.56. The van der Waals surface area contributed by atoms with Crippen molar-refractivity contribution in [2.45, 2.75) is 19.5 Å². The second kappa shape index (κ2) is 7.23. The van der Waals surface area contributed by atoms with E-state index in [0.29, 0.717) is 31.2 Å². The Morgan fingerprint density at radius 2 is 1.95 bits per heavy atom. The van der Waals surface area contributed by atoms with Crippen LogP contribution in [0, 0.1) is 5.82 Å². The maximum atomic E-state index is 13.4. The van der Waals surface area contributed by atoms with Gasteiger partial charge in [0.2, 0.25) is 0 Å². The highest BCUT2D eigenvalue weighted by atomic mass is 19.4. The topological polar surface area (TPSA) is 41.1 Å². The molecule has 2 N–H and O–H groups in total. The van der Waals surface area contributed by atoms with E-state index in [1.54, 1.807) is 0 Å². The molecular weight excluding hydrogens is 276 g/mol. The van der Waals surface area contributed by atoms with Crippen LogP contribution in [0.15, 0.2) is 18.2 Å². The Morgan fingerprint density at radius 1 is 1.25 bits per heavy atom. The van der Waals surface area contributed by atoms with Gasteiger partial charge in [0.1, 0.15) is 5.82 Å². The number of carbonyl (C=O) groups is 1. The summed E-state index contributed by atoms with van der Waals surface area (Å²) in [7, 11) is 0. The molecule has 1 amide bonds. The van der Waals surface area contributed by atoms with Gasteiger partial charge >= 0.3 is 6.18 Å². The monoisotopic (exact) mass is 292 g/mol. The lowest BCUT2D eigenvalue weighted by Gasteiger charge is -2.10. The van der Waals surface area contributed by atoms with Crippen molar-refractivity contribution in [2.75, 3.05) is 19.6 Å². The lowest BCUT2D eigenvalue weighted by atomic mass is 10.1. The van der Waals surface area contributed by atoms with Crippen molar-refractivity contribution in [3.05, 3.63) is 35.1 Å². The third-order valence-electron chi connectivity index (χ3n) is 2.60. The molecule has 0 fully saturated rings. The van der Waals surface area contributed by atoms with Crippen LogP contribution in [0.1, 0.15) is 29.3 Å². The molecule has 7 heteroatoms. The molecule has 112 valence electrons. The first-order valence-electron chi connectivity index (χ1n) is 6.22. The Hall–Kier alpha value is -1.63.